The molecule has 1 rings (SSSR count). The number of nitrogens with two attached hydrogens (primary N) is 1. The van der Waals surface area contributed by atoms with Gasteiger partial charge in [-0.1, -0.05) is 5.16 Å². The third-order valence-corrected chi connectivity index (χ3v) is 0.378. The van der Waals surface area contributed by atoms with Gasteiger partial charge in [0.25, 0.3) is 0 Å². The molecule has 1 aromatic rings. The molecule has 0 aliphatic carbocycles. The Hall–Kier alpha value is -1.06. The van der Waals surface area contributed by atoms with Gasteiger partial charge < -0.3 is 5.73 Å². The molecule has 0 saturated carbocycles. The first-order chi connectivity index (χ1) is 2.89. The monoisotopic (exact) mass is 85.0 g/mol. The van der Waals surface area contributed by atoms with Crippen LogP contribution in [0.3, 0.4) is 0 Å². The minimum Gasteiger partial charge on any atom is -0.380 e. The van der Waals surface area contributed by atoms with Crippen molar-refractivity contribution in [2.45, 2.75) is 0 Å². The number of hydrogen-bond acceptors (Lipinski definition) is 4. The van der Waals surface area contributed by atoms with Gasteiger partial charge in [-0.25, -0.2) is 4.63 Å². The lowest BCUT2D eigenvalue weighted by atomic mass is 10.8. The van der Waals surface area contributed by atoms with E-state index in [1.165, 1.54) is 6.20 Å². The molecular weight excluding hydrogens is 82.0 g/mol. The van der Waals surface area contributed by atoms with Gasteiger partial charge in [-0.2, -0.15) is 0 Å². The Morgan fingerprint density at radius 2 is 2.67 bits per heavy atom. The van der Waals surface area contributed by atoms with E-state index < -0.39 is 0 Å². The third-order valence-electron chi connectivity index (χ3n) is 0.378. The van der Waals surface area contributed by atoms with Gasteiger partial charge in [-0.05, 0) is 5.16 Å². The maximum Gasteiger partial charge on any atom is 0.188 e. The summed E-state index contributed by atoms with van der Waals surface area (Å²) < 4.78 is 4.09. The van der Waals surface area contributed by atoms with Crippen LogP contribution in [-0.4, -0.2) is 10.3 Å². The number of nitrogens with zero attached hydrogens (tertiary/aromatic N) is 2. The number of nitrogen functional groups attached to an aromatic ring is 1. The molecule has 4 heteroatoms. The summed E-state index contributed by atoms with van der Waals surface area (Å²) in [4.78, 5) is 0. The summed E-state index contributed by atoms with van der Waals surface area (Å²) in [7, 11) is 0. The largest absolute Gasteiger partial charge is 0.380 e. The fourth-order valence-corrected chi connectivity index (χ4v) is 0.172. The summed E-state index contributed by atoms with van der Waals surface area (Å²) in [5.74, 6) is 0.315. The molecule has 6 heavy (non-hydrogen) atoms. The van der Waals surface area contributed by atoms with Gasteiger partial charge in [-0.3, -0.25) is 0 Å². The average Bonchev–Trinajstić information content (AvgIpc) is 1.86. The number of aromatic nitrogens is 2. The van der Waals surface area contributed by atoms with Gasteiger partial charge >= 0.3 is 0 Å². The van der Waals surface area contributed by atoms with Crippen LogP contribution in [0.5, 0.6) is 0 Å². The molecule has 0 aliphatic heterocycles. The second kappa shape index (κ2) is 0.965. The first kappa shape index (κ1) is 3.14. The molecule has 0 spiro atoms. The number of hydrogen-bond donors (Lipinski definition) is 1. The lowest BCUT2D eigenvalue weighted by Crippen LogP contribution is -1.79. The Morgan fingerprint density at radius 3 is 2.83 bits per heavy atom. The van der Waals surface area contributed by atoms with Crippen molar-refractivity contribution in [2.24, 2.45) is 0 Å². The minimum absolute atomic E-state index is 0.315. The van der Waals surface area contributed by atoms with E-state index in [-0.39, 0.29) is 0 Å². The lowest BCUT2D eigenvalue weighted by molar-refractivity contribution is 0.309. The van der Waals surface area contributed by atoms with Gasteiger partial charge in [0, 0.05) is 0 Å². The molecule has 0 bridgehead atoms. The van der Waals surface area contributed by atoms with Crippen molar-refractivity contribution in [3.63, 3.8) is 0 Å². The van der Waals surface area contributed by atoms with E-state index in [0.717, 1.165) is 0 Å². The van der Waals surface area contributed by atoms with Gasteiger partial charge in [0.2, 0.25) is 0 Å². The molecule has 32 valence electrons. The van der Waals surface area contributed by atoms with Crippen molar-refractivity contribution in [3.05, 3.63) is 6.20 Å². The fourth-order valence-electron chi connectivity index (χ4n) is 0.172. The molecule has 0 radical (unpaired) electrons. The van der Waals surface area contributed by atoms with Crippen molar-refractivity contribution in [2.75, 3.05) is 5.73 Å². The Bertz CT molecular complexity index is 112. The van der Waals surface area contributed by atoms with Crippen molar-refractivity contribution in [3.8, 4) is 0 Å². The van der Waals surface area contributed by atoms with Gasteiger partial charge in [0.05, 0.1) is 0 Å². The molecular formula is C2H3N3O. The van der Waals surface area contributed by atoms with E-state index in [2.05, 4.69) is 14.9 Å². The van der Waals surface area contributed by atoms with Crippen LogP contribution in [0, 0.1) is 0 Å². The summed E-state index contributed by atoms with van der Waals surface area (Å²) in [5, 5.41) is 6.42. The zero-order valence-corrected chi connectivity index (χ0v) is 2.96. The molecule has 1 aromatic heterocycles. The first-order valence-electron chi connectivity index (χ1n) is 1.42. The van der Waals surface area contributed by atoms with Crippen molar-refractivity contribution >= 4 is 5.82 Å². The molecule has 4 nitrogen and oxygen atoms in total. The summed E-state index contributed by atoms with van der Waals surface area (Å²) >= 11 is 0. The Kier molecular flexibility index (Phi) is 0.506. The maximum absolute atomic E-state index is 5.01. The Labute approximate surface area is 33.9 Å². The van der Waals surface area contributed by atoms with Gasteiger partial charge in [-0.15, -0.1) is 0 Å². The van der Waals surface area contributed by atoms with Gasteiger partial charge in [0.1, 0.15) is 6.20 Å². The smallest absolute Gasteiger partial charge is 0.188 e. The van der Waals surface area contributed by atoms with Crippen LogP contribution in [-0.2, 0) is 0 Å². The molecule has 0 atom stereocenters. The molecule has 0 aliphatic rings. The average molecular weight is 85.1 g/mol. The molecule has 0 aromatic carbocycles. The Balaban J connectivity index is 3.05. The highest BCUT2D eigenvalue weighted by molar-refractivity contribution is 5.17. The summed E-state index contributed by atoms with van der Waals surface area (Å²) in [6.45, 7) is 0. The van der Waals surface area contributed by atoms with E-state index in [0.29, 0.717) is 5.82 Å². The minimum atomic E-state index is 0.315. The van der Waals surface area contributed by atoms with E-state index in [1.807, 2.05) is 0 Å². The molecule has 0 saturated heterocycles. The molecule has 1 heterocycles. The fraction of sp³-hybridized carbons (Fsp3) is 0. The predicted octanol–water partition coefficient (Wildman–Crippen LogP) is -0.348. The van der Waals surface area contributed by atoms with Crippen LogP contribution >= 0.6 is 0 Å². The predicted molar refractivity (Wildman–Crippen MR) is 18.7 cm³/mol. The normalized spacial score (nSPS) is 8.67. The van der Waals surface area contributed by atoms with E-state index in [4.69, 9.17) is 5.73 Å². The summed E-state index contributed by atoms with van der Waals surface area (Å²) in [5.41, 5.74) is 5.01. The highest BCUT2D eigenvalue weighted by Gasteiger charge is 1.80. The second-order valence-corrected chi connectivity index (χ2v) is 0.832. The van der Waals surface area contributed by atoms with E-state index >= 15 is 0 Å². The van der Waals surface area contributed by atoms with E-state index in [1.54, 1.807) is 0 Å². The highest BCUT2D eigenvalue weighted by Crippen LogP contribution is 1.84. The van der Waals surface area contributed by atoms with E-state index in [9.17, 15) is 0 Å². The van der Waals surface area contributed by atoms with Crippen LogP contribution in [0.4, 0.5) is 5.82 Å². The van der Waals surface area contributed by atoms with Crippen LogP contribution in [0.15, 0.2) is 10.8 Å². The molecule has 2 N–H and O–H groups in total. The van der Waals surface area contributed by atoms with Crippen molar-refractivity contribution in [1.82, 2.24) is 10.3 Å². The SMILES string of the molecule is Nc1cnon1. The highest BCUT2D eigenvalue weighted by atomic mass is 16.6. The third kappa shape index (κ3) is 0.314. The summed E-state index contributed by atoms with van der Waals surface area (Å²) in [6.07, 6.45) is 1.33. The zero-order chi connectivity index (χ0) is 4.41. The van der Waals surface area contributed by atoms with Crippen LogP contribution < -0.4 is 5.73 Å². The maximum atomic E-state index is 5.01. The lowest BCUT2D eigenvalue weighted by Gasteiger charge is -1.61. The van der Waals surface area contributed by atoms with Gasteiger partial charge in [0.15, 0.2) is 5.82 Å². The molecule has 0 fully saturated rings. The quantitative estimate of drug-likeness (QED) is 0.467. The van der Waals surface area contributed by atoms with Crippen molar-refractivity contribution < 1.29 is 4.63 Å². The zero-order valence-electron chi connectivity index (χ0n) is 2.96. The summed E-state index contributed by atoms with van der Waals surface area (Å²) in [6, 6.07) is 0. The van der Waals surface area contributed by atoms with Crippen molar-refractivity contribution in [1.29, 1.82) is 0 Å². The first-order valence-corrected chi connectivity index (χ1v) is 1.42. The number of anilines is 1. The van der Waals surface area contributed by atoms with Crippen LogP contribution in [0.25, 0.3) is 0 Å². The molecule has 0 amide bonds. The standard InChI is InChI=1S/C2H3N3O/c3-2-1-4-6-5-2/h1H,(H2,3,5). The number of rotatable bonds is 0. The topological polar surface area (TPSA) is 64.9 Å². The van der Waals surface area contributed by atoms with Crippen LogP contribution in [0.1, 0.15) is 0 Å². The van der Waals surface area contributed by atoms with Crippen LogP contribution in [0.2, 0.25) is 0 Å². The Morgan fingerprint density at radius 1 is 1.83 bits per heavy atom. The molecule has 0 unspecified atom stereocenters. The second-order valence-electron chi connectivity index (χ2n) is 0.832.